The normalized spacial score (nSPS) is 22.5. The Morgan fingerprint density at radius 3 is 2.36 bits per heavy atom. The molecule has 1 heterocycles. The molecule has 0 radical (unpaired) electrons. The number of nitrogens with one attached hydrogen (secondary N) is 1. The Labute approximate surface area is 88.5 Å². The summed E-state index contributed by atoms with van der Waals surface area (Å²) in [5.74, 6) is 0.823. The maximum Gasteiger partial charge on any atom is 0.0110 e. The molecule has 1 aliphatic rings. The van der Waals surface area contributed by atoms with Crippen LogP contribution in [0, 0.1) is 5.92 Å². The minimum atomic E-state index is 0.823. The minimum absolute atomic E-state index is 0.823. The van der Waals surface area contributed by atoms with Crippen LogP contribution >= 0.6 is 0 Å². The fourth-order valence-corrected chi connectivity index (χ4v) is 2.02. The number of nitrogens with zero attached hydrogens (tertiary/aromatic N) is 2. The summed E-state index contributed by atoms with van der Waals surface area (Å²) in [5.41, 5.74) is 0. The summed E-state index contributed by atoms with van der Waals surface area (Å²) in [6, 6.07) is 0. The summed E-state index contributed by atoms with van der Waals surface area (Å²) in [4.78, 5) is 5.01. The Balaban J connectivity index is 2.21. The van der Waals surface area contributed by atoms with E-state index in [0.29, 0.717) is 0 Å². The highest BCUT2D eigenvalue weighted by atomic mass is 15.2. The lowest BCUT2D eigenvalue weighted by Crippen LogP contribution is -2.46. The molecule has 14 heavy (non-hydrogen) atoms. The molecular weight excluding hydrogens is 174 g/mol. The molecule has 1 rings (SSSR count). The van der Waals surface area contributed by atoms with E-state index in [1.54, 1.807) is 0 Å². The molecule has 0 aromatic carbocycles. The summed E-state index contributed by atoms with van der Waals surface area (Å²) in [5, 5.41) is 3.28. The van der Waals surface area contributed by atoms with Gasteiger partial charge in [0.15, 0.2) is 0 Å². The van der Waals surface area contributed by atoms with Crippen molar-refractivity contribution < 1.29 is 0 Å². The smallest absolute Gasteiger partial charge is 0.0110 e. The molecule has 0 aromatic rings. The van der Waals surface area contributed by atoms with Crippen molar-refractivity contribution in [2.75, 3.05) is 53.4 Å². The van der Waals surface area contributed by atoms with E-state index in [4.69, 9.17) is 0 Å². The lowest BCUT2D eigenvalue weighted by molar-refractivity contribution is 0.134. The lowest BCUT2D eigenvalue weighted by Gasteiger charge is -2.34. The SMILES string of the molecule is CCC(CNC)CN1CCN(C)CC1. The van der Waals surface area contributed by atoms with Gasteiger partial charge in [-0.3, -0.25) is 0 Å². The molecule has 1 saturated heterocycles. The Bertz CT molecular complexity index is 141. The van der Waals surface area contributed by atoms with E-state index in [9.17, 15) is 0 Å². The minimum Gasteiger partial charge on any atom is -0.319 e. The van der Waals surface area contributed by atoms with Gasteiger partial charge in [-0.2, -0.15) is 0 Å². The van der Waals surface area contributed by atoms with Crippen molar-refractivity contribution in [3.63, 3.8) is 0 Å². The van der Waals surface area contributed by atoms with Gasteiger partial charge in [0.2, 0.25) is 0 Å². The second-order valence-electron chi connectivity index (χ2n) is 4.44. The molecule has 0 bridgehead atoms. The number of rotatable bonds is 5. The molecule has 3 heteroatoms. The van der Waals surface area contributed by atoms with E-state index in [1.807, 2.05) is 7.05 Å². The van der Waals surface area contributed by atoms with Gasteiger partial charge in [-0.15, -0.1) is 0 Å². The van der Waals surface area contributed by atoms with E-state index in [0.717, 1.165) is 12.5 Å². The third kappa shape index (κ3) is 3.95. The molecule has 0 saturated carbocycles. The third-order valence-corrected chi connectivity index (χ3v) is 3.18. The van der Waals surface area contributed by atoms with Crippen LogP contribution < -0.4 is 5.32 Å². The first-order valence-electron chi connectivity index (χ1n) is 5.81. The summed E-state index contributed by atoms with van der Waals surface area (Å²) in [6.07, 6.45) is 1.28. The molecule has 0 amide bonds. The molecule has 84 valence electrons. The highest BCUT2D eigenvalue weighted by molar-refractivity contribution is 4.72. The maximum atomic E-state index is 3.28. The average molecular weight is 199 g/mol. The van der Waals surface area contributed by atoms with Gasteiger partial charge in [-0.25, -0.2) is 0 Å². The van der Waals surface area contributed by atoms with Crippen molar-refractivity contribution >= 4 is 0 Å². The molecule has 1 atom stereocenters. The van der Waals surface area contributed by atoms with Crippen LogP contribution in [-0.2, 0) is 0 Å². The first kappa shape index (κ1) is 12.0. The Hall–Kier alpha value is -0.120. The van der Waals surface area contributed by atoms with Gasteiger partial charge < -0.3 is 15.1 Å². The van der Waals surface area contributed by atoms with E-state index in [2.05, 4.69) is 29.1 Å². The van der Waals surface area contributed by atoms with Crippen molar-refractivity contribution in [1.29, 1.82) is 0 Å². The van der Waals surface area contributed by atoms with Gasteiger partial charge in [0.25, 0.3) is 0 Å². The second-order valence-corrected chi connectivity index (χ2v) is 4.44. The number of hydrogen-bond acceptors (Lipinski definition) is 3. The first-order chi connectivity index (χ1) is 6.76. The van der Waals surface area contributed by atoms with Crippen molar-refractivity contribution in [1.82, 2.24) is 15.1 Å². The molecular formula is C11H25N3. The fraction of sp³-hybridized carbons (Fsp3) is 1.00. The summed E-state index contributed by atoms with van der Waals surface area (Å²) >= 11 is 0. The molecule has 1 aliphatic heterocycles. The highest BCUT2D eigenvalue weighted by Crippen LogP contribution is 2.07. The molecule has 0 aromatic heterocycles. The van der Waals surface area contributed by atoms with Crippen molar-refractivity contribution in [3.8, 4) is 0 Å². The molecule has 0 aliphatic carbocycles. The van der Waals surface area contributed by atoms with E-state index in [-0.39, 0.29) is 0 Å². The standard InChI is InChI=1S/C11H25N3/c1-4-11(9-12-2)10-14-7-5-13(3)6-8-14/h11-12H,4-10H2,1-3H3. The Morgan fingerprint density at radius 2 is 1.86 bits per heavy atom. The third-order valence-electron chi connectivity index (χ3n) is 3.18. The highest BCUT2D eigenvalue weighted by Gasteiger charge is 2.16. The molecule has 3 nitrogen and oxygen atoms in total. The van der Waals surface area contributed by atoms with Crippen molar-refractivity contribution in [2.24, 2.45) is 5.92 Å². The monoisotopic (exact) mass is 199 g/mol. The zero-order valence-electron chi connectivity index (χ0n) is 9.92. The van der Waals surface area contributed by atoms with Gasteiger partial charge in [-0.05, 0) is 26.6 Å². The van der Waals surface area contributed by atoms with Gasteiger partial charge in [0.1, 0.15) is 0 Å². The van der Waals surface area contributed by atoms with Crippen LogP contribution in [-0.4, -0.2) is 63.2 Å². The predicted octanol–water partition coefficient (Wildman–Crippen LogP) is 0.479. The van der Waals surface area contributed by atoms with Crippen LogP contribution in [0.25, 0.3) is 0 Å². The van der Waals surface area contributed by atoms with Crippen molar-refractivity contribution in [2.45, 2.75) is 13.3 Å². The second kappa shape index (κ2) is 6.38. The zero-order chi connectivity index (χ0) is 10.4. The lowest BCUT2D eigenvalue weighted by atomic mass is 10.1. The largest absolute Gasteiger partial charge is 0.319 e. The van der Waals surface area contributed by atoms with Crippen LogP contribution in [0.4, 0.5) is 0 Å². The predicted molar refractivity (Wildman–Crippen MR) is 61.6 cm³/mol. The number of likely N-dealkylation sites (N-methyl/N-ethyl adjacent to an activating group) is 1. The van der Waals surface area contributed by atoms with Gasteiger partial charge >= 0.3 is 0 Å². The first-order valence-corrected chi connectivity index (χ1v) is 5.81. The Morgan fingerprint density at radius 1 is 1.21 bits per heavy atom. The molecule has 1 fully saturated rings. The van der Waals surface area contributed by atoms with Crippen LogP contribution in [0.2, 0.25) is 0 Å². The number of hydrogen-bond donors (Lipinski definition) is 1. The Kier molecular flexibility index (Phi) is 5.45. The molecule has 1 N–H and O–H groups in total. The fourth-order valence-electron chi connectivity index (χ4n) is 2.02. The van der Waals surface area contributed by atoms with Gasteiger partial charge in [0.05, 0.1) is 0 Å². The van der Waals surface area contributed by atoms with Crippen LogP contribution in [0.5, 0.6) is 0 Å². The van der Waals surface area contributed by atoms with Gasteiger partial charge in [0, 0.05) is 32.7 Å². The van der Waals surface area contributed by atoms with Crippen LogP contribution in [0.1, 0.15) is 13.3 Å². The van der Waals surface area contributed by atoms with Gasteiger partial charge in [-0.1, -0.05) is 13.3 Å². The number of piperazine rings is 1. The zero-order valence-corrected chi connectivity index (χ0v) is 9.92. The molecule has 0 spiro atoms. The quantitative estimate of drug-likeness (QED) is 0.695. The maximum absolute atomic E-state index is 3.28. The molecule has 1 unspecified atom stereocenters. The topological polar surface area (TPSA) is 18.5 Å². The summed E-state index contributed by atoms with van der Waals surface area (Å²) in [7, 11) is 4.26. The average Bonchev–Trinajstić information content (AvgIpc) is 2.20. The summed E-state index contributed by atoms with van der Waals surface area (Å²) in [6.45, 7) is 9.67. The van der Waals surface area contributed by atoms with Crippen molar-refractivity contribution in [3.05, 3.63) is 0 Å². The van der Waals surface area contributed by atoms with E-state index >= 15 is 0 Å². The van der Waals surface area contributed by atoms with Crippen LogP contribution in [0.3, 0.4) is 0 Å². The summed E-state index contributed by atoms with van der Waals surface area (Å²) < 4.78 is 0. The van der Waals surface area contributed by atoms with Crippen LogP contribution in [0.15, 0.2) is 0 Å². The van der Waals surface area contributed by atoms with E-state index in [1.165, 1.54) is 39.1 Å². The van der Waals surface area contributed by atoms with E-state index < -0.39 is 0 Å².